The van der Waals surface area contributed by atoms with Gasteiger partial charge in [-0.15, -0.1) is 0 Å². The van der Waals surface area contributed by atoms with Crippen LogP contribution in [-0.2, 0) is 24.0 Å². The van der Waals surface area contributed by atoms with Gasteiger partial charge in [-0.05, 0) is 0 Å². The van der Waals surface area contributed by atoms with Gasteiger partial charge < -0.3 is 14.7 Å². The number of rotatable bonds is 0. The molecule has 0 aromatic heterocycles. The molecule has 0 aliphatic rings. The van der Waals surface area contributed by atoms with Crippen molar-refractivity contribution >= 4 is 45.6 Å². The molecule has 0 fully saturated rings. The average Bonchev–Trinajstić information content (AvgIpc) is 0.722. The second-order valence-electron chi connectivity index (χ2n) is 0.513. The van der Waals surface area contributed by atoms with Crippen molar-refractivity contribution in [2.75, 3.05) is 0 Å². The Bertz CT molecular complexity index is 57.8. The molecule has 3 N–H and O–H groups in total. The molecule has 0 rings (SSSR count). The first kappa shape index (κ1) is 16.0. The van der Waals surface area contributed by atoms with E-state index in [2.05, 4.69) is 0 Å². The Hall–Kier alpha value is 1.99. The van der Waals surface area contributed by atoms with Gasteiger partial charge in [-0.1, -0.05) is 0 Å². The van der Waals surface area contributed by atoms with Crippen LogP contribution in [0.25, 0.3) is 0 Å². The van der Waals surface area contributed by atoms with Gasteiger partial charge in [0, 0.05) is 57.2 Å². The van der Waals surface area contributed by atoms with E-state index in [0.717, 1.165) is 0 Å². The van der Waals surface area contributed by atoms with Gasteiger partial charge in [0.15, 0.2) is 0 Å². The van der Waals surface area contributed by atoms with Gasteiger partial charge in [-0.3, -0.25) is 0 Å². The summed E-state index contributed by atoms with van der Waals surface area (Å²) in [7, 11) is -4.64. The summed E-state index contributed by atoms with van der Waals surface area (Å²) in [5, 5.41) is 0. The molecule has 0 saturated carbocycles. The van der Waals surface area contributed by atoms with E-state index in [4.69, 9.17) is 19.2 Å². The standard InChI is InChI=1S/Ca.H3O4P.Zn/c;1-5(2,3)4;/h;(H3,1,2,3,4);. The van der Waals surface area contributed by atoms with Crippen molar-refractivity contribution in [1.82, 2.24) is 0 Å². The minimum Gasteiger partial charge on any atom is -0.303 e. The molecule has 4 nitrogen and oxygen atoms in total. The van der Waals surface area contributed by atoms with Gasteiger partial charge in [0.2, 0.25) is 0 Å². The Morgan fingerprint density at radius 2 is 1.14 bits per heavy atom. The van der Waals surface area contributed by atoms with Gasteiger partial charge in [0.25, 0.3) is 0 Å². The summed E-state index contributed by atoms with van der Waals surface area (Å²) in [5.74, 6) is 0. The van der Waals surface area contributed by atoms with Crippen LogP contribution in [-0.4, -0.2) is 52.4 Å². The van der Waals surface area contributed by atoms with E-state index in [1.807, 2.05) is 0 Å². The zero-order chi connectivity index (χ0) is 4.50. The van der Waals surface area contributed by atoms with Crippen LogP contribution < -0.4 is 0 Å². The summed E-state index contributed by atoms with van der Waals surface area (Å²) in [4.78, 5) is 21.6. The zero-order valence-electron chi connectivity index (χ0n) is 3.61. The van der Waals surface area contributed by atoms with Crippen LogP contribution in [0.5, 0.6) is 0 Å². The van der Waals surface area contributed by atoms with Crippen LogP contribution in [0.1, 0.15) is 0 Å². The molecular weight excluding hydrogens is 200 g/mol. The van der Waals surface area contributed by atoms with E-state index in [9.17, 15) is 0 Å². The molecule has 0 heterocycles. The number of phosphoric acid groups is 1. The minimum absolute atomic E-state index is 0. The number of hydrogen-bond acceptors (Lipinski definition) is 1. The van der Waals surface area contributed by atoms with E-state index in [-0.39, 0.29) is 57.2 Å². The summed E-state index contributed by atoms with van der Waals surface area (Å²) in [6, 6.07) is 0. The summed E-state index contributed by atoms with van der Waals surface area (Å²) in [6.07, 6.45) is 0. The third kappa shape index (κ3) is 72.3. The zero-order valence-corrected chi connectivity index (χ0v) is 9.68. The van der Waals surface area contributed by atoms with Crippen LogP contribution >= 0.6 is 7.82 Å². The monoisotopic (exact) mass is 202 g/mol. The molecule has 0 aromatic rings. The van der Waals surface area contributed by atoms with Crippen LogP contribution in [0.4, 0.5) is 0 Å². The van der Waals surface area contributed by atoms with E-state index in [0.29, 0.717) is 0 Å². The van der Waals surface area contributed by atoms with E-state index >= 15 is 0 Å². The van der Waals surface area contributed by atoms with Crippen molar-refractivity contribution in [3.05, 3.63) is 0 Å². The van der Waals surface area contributed by atoms with E-state index < -0.39 is 7.82 Å². The molecule has 0 saturated heterocycles. The molecule has 0 atom stereocenters. The van der Waals surface area contributed by atoms with Gasteiger partial charge in [0.1, 0.15) is 0 Å². The Morgan fingerprint density at radius 3 is 1.14 bits per heavy atom. The molecule has 0 aliphatic heterocycles. The largest absolute Gasteiger partial charge is 0.466 e. The molecule has 2 radical (unpaired) electrons. The molecule has 0 bridgehead atoms. The first-order chi connectivity index (χ1) is 2.00. The van der Waals surface area contributed by atoms with E-state index in [1.165, 1.54) is 0 Å². The number of hydrogen-bond donors (Lipinski definition) is 3. The van der Waals surface area contributed by atoms with E-state index in [1.54, 1.807) is 0 Å². The van der Waals surface area contributed by atoms with Gasteiger partial charge in [-0.25, -0.2) is 4.57 Å². The van der Waals surface area contributed by atoms with Crippen LogP contribution in [0.15, 0.2) is 0 Å². The summed E-state index contributed by atoms with van der Waals surface area (Å²) in [6.45, 7) is 0. The Balaban J connectivity index is -0.0000000800. The Morgan fingerprint density at radius 1 is 1.14 bits per heavy atom. The quantitative estimate of drug-likeness (QED) is 0.337. The minimum atomic E-state index is -4.64. The molecule has 7 heavy (non-hydrogen) atoms. The molecular formula is H3CaO4PZn. The smallest absolute Gasteiger partial charge is 0.303 e. The van der Waals surface area contributed by atoms with Crippen molar-refractivity contribution in [2.24, 2.45) is 0 Å². The predicted molar refractivity (Wildman–Crippen MR) is 20.0 cm³/mol. The first-order valence-electron chi connectivity index (χ1n) is 0.783. The second-order valence-corrected chi connectivity index (χ2v) is 1.54. The van der Waals surface area contributed by atoms with Crippen molar-refractivity contribution in [3.63, 3.8) is 0 Å². The SMILES string of the molecule is O=P(O)(O)O.[Ca].[Zn]. The van der Waals surface area contributed by atoms with Gasteiger partial charge in [-0.2, -0.15) is 0 Å². The molecule has 0 amide bonds. The van der Waals surface area contributed by atoms with Crippen LogP contribution in [0.2, 0.25) is 0 Å². The Kier molecular flexibility index (Phi) is 14.0. The molecule has 0 unspecified atom stereocenters. The van der Waals surface area contributed by atoms with Crippen LogP contribution in [0.3, 0.4) is 0 Å². The fourth-order valence-electron chi connectivity index (χ4n) is 0. The van der Waals surface area contributed by atoms with Gasteiger partial charge >= 0.3 is 7.82 Å². The van der Waals surface area contributed by atoms with Crippen LogP contribution in [0, 0.1) is 0 Å². The maximum atomic E-state index is 8.88. The fourth-order valence-corrected chi connectivity index (χ4v) is 0. The molecule has 0 aliphatic carbocycles. The Labute approximate surface area is 83.3 Å². The third-order valence-corrected chi connectivity index (χ3v) is 0. The fraction of sp³-hybridized carbons (Fsp3) is 0. The molecule has 0 aromatic carbocycles. The first-order valence-corrected chi connectivity index (χ1v) is 2.35. The van der Waals surface area contributed by atoms with Crippen molar-refractivity contribution in [2.45, 2.75) is 0 Å². The van der Waals surface area contributed by atoms with Crippen molar-refractivity contribution in [1.29, 1.82) is 0 Å². The normalized spacial score (nSPS) is 8.43. The second kappa shape index (κ2) is 6.12. The average molecular weight is 203 g/mol. The summed E-state index contributed by atoms with van der Waals surface area (Å²) in [5.41, 5.74) is 0. The van der Waals surface area contributed by atoms with Crippen molar-refractivity contribution < 1.29 is 38.7 Å². The van der Waals surface area contributed by atoms with Crippen molar-refractivity contribution in [3.8, 4) is 0 Å². The maximum absolute atomic E-state index is 8.88. The van der Waals surface area contributed by atoms with Gasteiger partial charge in [0.05, 0.1) is 0 Å². The topological polar surface area (TPSA) is 77.8 Å². The summed E-state index contributed by atoms with van der Waals surface area (Å²) >= 11 is 0. The molecule has 7 heteroatoms. The third-order valence-electron chi connectivity index (χ3n) is 0. The maximum Gasteiger partial charge on any atom is 0.466 e. The summed E-state index contributed by atoms with van der Waals surface area (Å²) < 4.78 is 8.88. The molecule has 0 spiro atoms. The molecule has 36 valence electrons. The predicted octanol–water partition coefficient (Wildman–Crippen LogP) is -1.31.